The van der Waals surface area contributed by atoms with E-state index < -0.39 is 11.8 Å². The quantitative estimate of drug-likeness (QED) is 0.511. The molecule has 3 aromatic rings. The summed E-state index contributed by atoms with van der Waals surface area (Å²) >= 11 is 0. The summed E-state index contributed by atoms with van der Waals surface area (Å²) in [5, 5.41) is 9.16. The van der Waals surface area contributed by atoms with E-state index in [1.54, 1.807) is 5.48 Å². The molecule has 4 heteroatoms. The first-order chi connectivity index (χ1) is 12.7. The molecule has 0 spiro atoms. The lowest BCUT2D eigenvalue weighted by molar-refractivity contribution is -0.129. The number of hydrogen-bond donors (Lipinski definition) is 2. The summed E-state index contributed by atoms with van der Waals surface area (Å²) in [6.07, 6.45) is -0.117. The van der Waals surface area contributed by atoms with Crippen LogP contribution in [0.15, 0.2) is 84.9 Å². The minimum Gasteiger partial charge on any atom is -0.486 e. The first kappa shape index (κ1) is 17.7. The van der Waals surface area contributed by atoms with Gasteiger partial charge in [0.15, 0.2) is 0 Å². The third kappa shape index (κ3) is 4.10. The van der Waals surface area contributed by atoms with E-state index in [0.29, 0.717) is 5.75 Å². The van der Waals surface area contributed by atoms with Gasteiger partial charge in [0, 0.05) is 0 Å². The molecule has 0 aliphatic heterocycles. The minimum atomic E-state index is -0.614. The van der Waals surface area contributed by atoms with Crippen molar-refractivity contribution in [3.63, 3.8) is 0 Å². The number of hydroxylamine groups is 1. The molecule has 4 nitrogen and oxygen atoms in total. The summed E-state index contributed by atoms with van der Waals surface area (Å²) in [6.45, 7) is 1.98. The highest BCUT2D eigenvalue weighted by atomic mass is 16.5. The van der Waals surface area contributed by atoms with Crippen LogP contribution in [0.4, 0.5) is 0 Å². The molecule has 0 radical (unpaired) electrons. The molecule has 0 saturated heterocycles. The Morgan fingerprint density at radius 1 is 0.846 bits per heavy atom. The summed E-state index contributed by atoms with van der Waals surface area (Å²) < 4.78 is 6.05. The third-order valence-corrected chi connectivity index (χ3v) is 4.28. The number of benzene rings is 3. The monoisotopic (exact) mass is 347 g/mol. The van der Waals surface area contributed by atoms with Gasteiger partial charge in [-0.05, 0) is 35.7 Å². The van der Waals surface area contributed by atoms with Crippen molar-refractivity contribution in [2.45, 2.75) is 18.9 Å². The van der Waals surface area contributed by atoms with Crippen molar-refractivity contribution in [3.05, 3.63) is 102 Å². The van der Waals surface area contributed by atoms with Gasteiger partial charge in [0.2, 0.25) is 0 Å². The summed E-state index contributed by atoms with van der Waals surface area (Å²) in [5.41, 5.74) is 4.39. The molecule has 132 valence electrons. The maximum Gasteiger partial charge on any atom is 0.255 e. The zero-order valence-electron chi connectivity index (χ0n) is 14.5. The van der Waals surface area contributed by atoms with Gasteiger partial charge >= 0.3 is 0 Å². The summed E-state index contributed by atoms with van der Waals surface area (Å²) in [4.78, 5) is 12.3. The van der Waals surface area contributed by atoms with Gasteiger partial charge in [-0.2, -0.15) is 0 Å². The molecule has 3 rings (SSSR count). The van der Waals surface area contributed by atoms with Gasteiger partial charge in [-0.1, -0.05) is 72.8 Å². The van der Waals surface area contributed by atoms with Gasteiger partial charge in [0.25, 0.3) is 5.91 Å². The van der Waals surface area contributed by atoms with Gasteiger partial charge in [0.05, 0.1) is 5.92 Å². The van der Waals surface area contributed by atoms with Crippen molar-refractivity contribution in [3.8, 4) is 5.75 Å². The van der Waals surface area contributed by atoms with Gasteiger partial charge in [-0.3, -0.25) is 10.0 Å². The predicted octanol–water partition coefficient (Wildman–Crippen LogP) is 4.46. The lowest BCUT2D eigenvalue weighted by Crippen LogP contribution is -2.27. The number of carbonyl (C=O) groups is 1. The van der Waals surface area contributed by atoms with E-state index >= 15 is 0 Å². The maximum absolute atomic E-state index is 12.3. The van der Waals surface area contributed by atoms with Crippen LogP contribution in [0.25, 0.3) is 0 Å². The van der Waals surface area contributed by atoms with E-state index in [0.717, 1.165) is 16.7 Å². The largest absolute Gasteiger partial charge is 0.486 e. The average molecular weight is 347 g/mol. The molecule has 0 saturated carbocycles. The first-order valence-electron chi connectivity index (χ1n) is 8.49. The van der Waals surface area contributed by atoms with Crippen LogP contribution in [0, 0.1) is 0 Å². The highest BCUT2D eigenvalue weighted by Crippen LogP contribution is 2.29. The molecule has 0 bridgehead atoms. The van der Waals surface area contributed by atoms with Gasteiger partial charge in [0.1, 0.15) is 11.9 Å². The molecule has 0 heterocycles. The van der Waals surface area contributed by atoms with Gasteiger partial charge < -0.3 is 4.74 Å². The number of amides is 1. The Morgan fingerprint density at radius 3 is 2.04 bits per heavy atom. The number of carbonyl (C=O) groups excluding carboxylic acids is 1. The molecule has 2 N–H and O–H groups in total. The lowest BCUT2D eigenvalue weighted by Gasteiger charge is -2.19. The third-order valence-electron chi connectivity index (χ3n) is 4.28. The first-order valence-corrected chi connectivity index (χ1v) is 8.49. The zero-order valence-corrected chi connectivity index (χ0v) is 14.5. The molecule has 0 aliphatic carbocycles. The molecule has 3 aromatic carbocycles. The second kappa shape index (κ2) is 8.32. The molecule has 0 fully saturated rings. The Balaban J connectivity index is 1.88. The molecule has 1 amide bonds. The Morgan fingerprint density at radius 2 is 1.42 bits per heavy atom. The van der Waals surface area contributed by atoms with Crippen LogP contribution in [0.1, 0.15) is 35.6 Å². The second-order valence-electron chi connectivity index (χ2n) is 6.06. The average Bonchev–Trinajstić information content (AvgIpc) is 2.70. The van der Waals surface area contributed by atoms with Crippen molar-refractivity contribution >= 4 is 5.91 Å². The summed E-state index contributed by atoms with van der Waals surface area (Å²) in [6, 6.07) is 26.7. The number of ether oxygens (including phenoxy) is 1. The van der Waals surface area contributed by atoms with E-state index in [4.69, 9.17) is 9.94 Å². The van der Waals surface area contributed by atoms with E-state index in [9.17, 15) is 4.79 Å². The SMILES string of the molecule is CC(Oc1cccc(C(C(=O)NO)c2ccccc2)c1)c1ccccc1. The van der Waals surface area contributed by atoms with Crippen LogP contribution in [0.2, 0.25) is 0 Å². The number of rotatable bonds is 6. The number of nitrogens with one attached hydrogen (secondary N) is 1. The van der Waals surface area contributed by atoms with Crippen LogP contribution < -0.4 is 10.2 Å². The van der Waals surface area contributed by atoms with Crippen LogP contribution >= 0.6 is 0 Å². The topological polar surface area (TPSA) is 58.6 Å². The van der Waals surface area contributed by atoms with Crippen LogP contribution in [-0.4, -0.2) is 11.1 Å². The zero-order chi connectivity index (χ0) is 18.4. The lowest BCUT2D eigenvalue weighted by atomic mass is 9.90. The fraction of sp³-hybridized carbons (Fsp3) is 0.136. The van der Waals surface area contributed by atoms with E-state index in [1.165, 1.54) is 0 Å². The van der Waals surface area contributed by atoms with Crippen LogP contribution in [-0.2, 0) is 4.79 Å². The normalized spacial score (nSPS) is 12.8. The molecule has 26 heavy (non-hydrogen) atoms. The highest BCUT2D eigenvalue weighted by Gasteiger charge is 2.23. The molecule has 2 unspecified atom stereocenters. The van der Waals surface area contributed by atoms with E-state index in [2.05, 4.69) is 0 Å². The number of hydrogen-bond acceptors (Lipinski definition) is 3. The Hall–Kier alpha value is -3.11. The van der Waals surface area contributed by atoms with Gasteiger partial charge in [-0.15, -0.1) is 0 Å². The van der Waals surface area contributed by atoms with Crippen molar-refractivity contribution in [1.82, 2.24) is 5.48 Å². The smallest absolute Gasteiger partial charge is 0.255 e. The van der Waals surface area contributed by atoms with E-state index in [1.807, 2.05) is 91.9 Å². The van der Waals surface area contributed by atoms with E-state index in [-0.39, 0.29) is 6.10 Å². The summed E-state index contributed by atoms with van der Waals surface area (Å²) in [5.74, 6) is -0.424. The van der Waals surface area contributed by atoms with Crippen molar-refractivity contribution < 1.29 is 14.7 Å². The standard InChI is InChI=1S/C22H21NO3/c1-16(17-9-4-2-5-10-17)26-20-14-8-13-19(15-20)21(22(24)23-25)18-11-6-3-7-12-18/h2-16,21,25H,1H3,(H,23,24). The van der Waals surface area contributed by atoms with Crippen LogP contribution in [0.3, 0.4) is 0 Å². The maximum atomic E-state index is 12.3. The fourth-order valence-corrected chi connectivity index (χ4v) is 2.97. The molecule has 2 atom stereocenters. The molecule has 0 aliphatic rings. The molecular weight excluding hydrogens is 326 g/mol. The second-order valence-corrected chi connectivity index (χ2v) is 6.06. The summed E-state index contributed by atoms with van der Waals surface area (Å²) in [7, 11) is 0. The Bertz CT molecular complexity index is 850. The molecule has 0 aromatic heterocycles. The van der Waals surface area contributed by atoms with Gasteiger partial charge in [-0.25, -0.2) is 5.48 Å². The Labute approximate surface area is 153 Å². The fourth-order valence-electron chi connectivity index (χ4n) is 2.97. The van der Waals surface area contributed by atoms with Crippen molar-refractivity contribution in [1.29, 1.82) is 0 Å². The van der Waals surface area contributed by atoms with Crippen LogP contribution in [0.5, 0.6) is 5.75 Å². The minimum absolute atomic E-state index is 0.117. The Kier molecular flexibility index (Phi) is 5.66. The van der Waals surface area contributed by atoms with Crippen molar-refractivity contribution in [2.75, 3.05) is 0 Å². The molecular formula is C22H21NO3. The van der Waals surface area contributed by atoms with Crippen molar-refractivity contribution in [2.24, 2.45) is 0 Å². The predicted molar refractivity (Wildman–Crippen MR) is 100 cm³/mol. The highest BCUT2D eigenvalue weighted by molar-refractivity contribution is 5.86.